The van der Waals surface area contributed by atoms with Crippen LogP contribution in [0.1, 0.15) is 17.3 Å². The van der Waals surface area contributed by atoms with Crippen molar-refractivity contribution >= 4 is 21.7 Å². The largest absolute Gasteiger partial charge is 0.478 e. The van der Waals surface area contributed by atoms with Gasteiger partial charge in [0.1, 0.15) is 0 Å². The molecular weight excluding hydrogens is 254 g/mol. The highest BCUT2D eigenvalue weighted by Crippen LogP contribution is 2.19. The standard InChI is InChI=1S/C12H15NO4S/c1-3-9-13(18(16,17)4-2)11-7-5-10(6-8-11)12(14)15/h3,5-8H,1,4,9H2,2H3,(H,14,15). The highest BCUT2D eigenvalue weighted by Gasteiger charge is 2.19. The molecule has 0 unspecified atom stereocenters. The quantitative estimate of drug-likeness (QED) is 0.798. The van der Waals surface area contributed by atoms with Gasteiger partial charge in [0.05, 0.1) is 23.5 Å². The van der Waals surface area contributed by atoms with Gasteiger partial charge in [-0.05, 0) is 31.2 Å². The van der Waals surface area contributed by atoms with Gasteiger partial charge in [-0.3, -0.25) is 4.31 Å². The van der Waals surface area contributed by atoms with Crippen LogP contribution in [0, 0.1) is 0 Å². The van der Waals surface area contributed by atoms with Gasteiger partial charge in [0.2, 0.25) is 10.0 Å². The van der Waals surface area contributed by atoms with E-state index in [0.717, 1.165) is 0 Å². The molecule has 0 radical (unpaired) electrons. The van der Waals surface area contributed by atoms with E-state index in [4.69, 9.17) is 5.11 Å². The van der Waals surface area contributed by atoms with E-state index in [0.29, 0.717) is 5.69 Å². The molecule has 0 aromatic heterocycles. The number of carboxylic acid groups (broad SMARTS) is 1. The van der Waals surface area contributed by atoms with E-state index in [2.05, 4.69) is 6.58 Å². The molecule has 0 aliphatic heterocycles. The number of rotatable bonds is 6. The molecule has 0 bridgehead atoms. The van der Waals surface area contributed by atoms with Gasteiger partial charge >= 0.3 is 5.97 Å². The third-order valence-electron chi connectivity index (χ3n) is 2.40. The zero-order valence-electron chi connectivity index (χ0n) is 10.0. The first-order valence-corrected chi connectivity index (χ1v) is 6.98. The summed E-state index contributed by atoms with van der Waals surface area (Å²) in [6, 6.07) is 5.69. The zero-order chi connectivity index (χ0) is 13.8. The van der Waals surface area contributed by atoms with Crippen molar-refractivity contribution < 1.29 is 18.3 Å². The third kappa shape index (κ3) is 3.10. The molecule has 1 aromatic rings. The molecule has 0 spiro atoms. The lowest BCUT2D eigenvalue weighted by Gasteiger charge is -2.22. The number of hydrogen-bond donors (Lipinski definition) is 1. The van der Waals surface area contributed by atoms with E-state index in [1.807, 2.05) is 0 Å². The number of anilines is 1. The molecule has 0 atom stereocenters. The molecule has 1 aromatic carbocycles. The first kappa shape index (κ1) is 14.2. The summed E-state index contributed by atoms with van der Waals surface area (Å²) >= 11 is 0. The summed E-state index contributed by atoms with van der Waals surface area (Å²) in [7, 11) is -3.39. The van der Waals surface area contributed by atoms with Crippen LogP contribution in [-0.4, -0.2) is 31.8 Å². The molecule has 98 valence electrons. The minimum absolute atomic E-state index is 0.0263. The van der Waals surface area contributed by atoms with E-state index in [-0.39, 0.29) is 17.9 Å². The van der Waals surface area contributed by atoms with E-state index in [1.54, 1.807) is 6.92 Å². The van der Waals surface area contributed by atoms with Crippen LogP contribution in [0.5, 0.6) is 0 Å². The van der Waals surface area contributed by atoms with E-state index in [1.165, 1.54) is 34.6 Å². The zero-order valence-corrected chi connectivity index (χ0v) is 10.9. The highest BCUT2D eigenvalue weighted by atomic mass is 32.2. The van der Waals surface area contributed by atoms with Crippen molar-refractivity contribution in [3.8, 4) is 0 Å². The van der Waals surface area contributed by atoms with Crippen LogP contribution in [0.15, 0.2) is 36.9 Å². The fourth-order valence-corrected chi connectivity index (χ4v) is 2.51. The van der Waals surface area contributed by atoms with Gasteiger partial charge in [0.25, 0.3) is 0 Å². The third-order valence-corrected chi connectivity index (χ3v) is 4.16. The summed E-state index contributed by atoms with van der Waals surface area (Å²) < 4.78 is 24.9. The number of nitrogens with zero attached hydrogens (tertiary/aromatic N) is 1. The summed E-state index contributed by atoms with van der Waals surface area (Å²) in [6.07, 6.45) is 1.48. The second-order valence-corrected chi connectivity index (χ2v) is 5.75. The monoisotopic (exact) mass is 269 g/mol. The van der Waals surface area contributed by atoms with Gasteiger partial charge < -0.3 is 5.11 Å². The molecule has 0 fully saturated rings. The summed E-state index contributed by atoms with van der Waals surface area (Å²) in [6.45, 7) is 5.23. The Balaban J connectivity index is 3.15. The Kier molecular flexibility index (Phi) is 4.49. The molecule has 0 aliphatic carbocycles. The molecule has 0 saturated heterocycles. The number of sulfonamides is 1. The maximum atomic E-state index is 11.9. The van der Waals surface area contributed by atoms with Gasteiger partial charge in [0.15, 0.2) is 0 Å². The summed E-state index contributed by atoms with van der Waals surface area (Å²) in [5.74, 6) is -1.07. The number of carbonyl (C=O) groups is 1. The van der Waals surface area contributed by atoms with Gasteiger partial charge in [-0.15, -0.1) is 6.58 Å². The molecule has 5 nitrogen and oxygen atoms in total. The van der Waals surface area contributed by atoms with Crippen LogP contribution in [0.25, 0.3) is 0 Å². The number of aromatic carboxylic acids is 1. The minimum Gasteiger partial charge on any atom is -0.478 e. The summed E-state index contributed by atoms with van der Waals surface area (Å²) in [4.78, 5) is 10.7. The van der Waals surface area contributed by atoms with E-state index >= 15 is 0 Å². The molecule has 6 heteroatoms. The Bertz CT molecular complexity index is 534. The van der Waals surface area contributed by atoms with Crippen LogP contribution in [0.4, 0.5) is 5.69 Å². The van der Waals surface area contributed by atoms with Crippen LogP contribution in [-0.2, 0) is 10.0 Å². The molecule has 0 amide bonds. The second-order valence-electron chi connectivity index (χ2n) is 3.57. The predicted octanol–water partition coefficient (Wildman–Crippen LogP) is 1.73. The molecule has 0 saturated carbocycles. The van der Waals surface area contributed by atoms with Gasteiger partial charge in [-0.2, -0.15) is 0 Å². The normalized spacial score (nSPS) is 10.9. The fourth-order valence-electron chi connectivity index (χ4n) is 1.42. The first-order valence-electron chi connectivity index (χ1n) is 5.37. The molecule has 1 rings (SSSR count). The lowest BCUT2D eigenvalue weighted by atomic mass is 10.2. The van der Waals surface area contributed by atoms with Gasteiger partial charge in [-0.1, -0.05) is 6.08 Å². The Morgan fingerprint density at radius 2 is 1.94 bits per heavy atom. The first-order chi connectivity index (χ1) is 8.42. The predicted molar refractivity (Wildman–Crippen MR) is 70.4 cm³/mol. The van der Waals surface area contributed by atoms with Gasteiger partial charge in [0, 0.05) is 0 Å². The topological polar surface area (TPSA) is 74.7 Å². The van der Waals surface area contributed by atoms with Crippen molar-refractivity contribution in [1.82, 2.24) is 0 Å². The van der Waals surface area contributed by atoms with Crippen LogP contribution >= 0.6 is 0 Å². The van der Waals surface area contributed by atoms with Crippen molar-refractivity contribution in [3.63, 3.8) is 0 Å². The second kappa shape index (κ2) is 5.68. The SMILES string of the molecule is C=CCN(c1ccc(C(=O)O)cc1)S(=O)(=O)CC. The smallest absolute Gasteiger partial charge is 0.335 e. The number of benzene rings is 1. The maximum absolute atomic E-state index is 11.9. The van der Waals surface area contributed by atoms with Crippen molar-refractivity contribution in [1.29, 1.82) is 0 Å². The van der Waals surface area contributed by atoms with Gasteiger partial charge in [-0.25, -0.2) is 13.2 Å². The summed E-state index contributed by atoms with van der Waals surface area (Å²) in [5.41, 5.74) is 0.549. The van der Waals surface area contributed by atoms with Crippen LogP contribution in [0.3, 0.4) is 0 Å². The Hall–Kier alpha value is -1.82. The van der Waals surface area contributed by atoms with Crippen molar-refractivity contribution in [3.05, 3.63) is 42.5 Å². The Morgan fingerprint density at radius 1 is 1.39 bits per heavy atom. The molecule has 18 heavy (non-hydrogen) atoms. The van der Waals surface area contributed by atoms with E-state index < -0.39 is 16.0 Å². The van der Waals surface area contributed by atoms with E-state index in [9.17, 15) is 13.2 Å². The molecule has 1 N–H and O–H groups in total. The molecule has 0 heterocycles. The Morgan fingerprint density at radius 3 is 2.33 bits per heavy atom. The molecule has 0 aliphatic rings. The average Bonchev–Trinajstić information content (AvgIpc) is 2.36. The van der Waals surface area contributed by atoms with Crippen molar-refractivity contribution in [2.75, 3.05) is 16.6 Å². The maximum Gasteiger partial charge on any atom is 0.335 e. The molecular formula is C12H15NO4S. The summed E-state index contributed by atoms with van der Waals surface area (Å²) in [5, 5.41) is 8.78. The minimum atomic E-state index is -3.39. The number of carboxylic acids is 1. The number of hydrogen-bond acceptors (Lipinski definition) is 3. The fraction of sp³-hybridized carbons (Fsp3) is 0.250. The average molecular weight is 269 g/mol. The Labute approximate surface area is 106 Å². The van der Waals surface area contributed by atoms with Crippen LogP contribution in [0.2, 0.25) is 0 Å². The highest BCUT2D eigenvalue weighted by molar-refractivity contribution is 7.92. The van der Waals surface area contributed by atoms with Crippen molar-refractivity contribution in [2.45, 2.75) is 6.92 Å². The van der Waals surface area contributed by atoms with Crippen LogP contribution < -0.4 is 4.31 Å². The van der Waals surface area contributed by atoms with Crippen molar-refractivity contribution in [2.24, 2.45) is 0 Å². The lowest BCUT2D eigenvalue weighted by molar-refractivity contribution is 0.0697. The lowest BCUT2D eigenvalue weighted by Crippen LogP contribution is -2.32.